The smallest absolute Gasteiger partial charge is 0.293 e. The summed E-state index contributed by atoms with van der Waals surface area (Å²) in [6.07, 6.45) is 4.15. The van der Waals surface area contributed by atoms with Crippen LogP contribution < -0.4 is 9.88 Å². The van der Waals surface area contributed by atoms with Crippen molar-refractivity contribution in [1.29, 1.82) is 5.26 Å². The molecule has 0 aromatic carbocycles. The first-order valence-corrected chi connectivity index (χ1v) is 8.84. The molecule has 3 rings (SSSR count). The van der Waals surface area contributed by atoms with Crippen molar-refractivity contribution in [3.8, 4) is 6.07 Å². The molecule has 4 nitrogen and oxygen atoms in total. The monoisotopic (exact) mass is 314 g/mol. The van der Waals surface area contributed by atoms with Crippen LogP contribution in [0.5, 0.6) is 0 Å². The van der Waals surface area contributed by atoms with Crippen molar-refractivity contribution in [2.45, 2.75) is 65.6 Å². The number of pyridine rings is 1. The fourth-order valence-electron chi connectivity index (χ4n) is 3.76. The second-order valence-electron chi connectivity index (χ2n) is 7.64. The van der Waals surface area contributed by atoms with Gasteiger partial charge < -0.3 is 4.74 Å². The number of fused-ring (bicyclic) bond motifs is 1. The molecule has 0 unspecified atom stereocenters. The molecule has 3 heterocycles. The number of anilines is 1. The molecule has 2 aliphatic rings. The summed E-state index contributed by atoms with van der Waals surface area (Å²) in [6.45, 7) is 11.4. The Hall–Kier alpha value is -1.60. The lowest BCUT2D eigenvalue weighted by Crippen LogP contribution is -2.41. The van der Waals surface area contributed by atoms with E-state index >= 15 is 0 Å². The first-order chi connectivity index (χ1) is 10.9. The highest BCUT2D eigenvalue weighted by Crippen LogP contribution is 2.34. The molecule has 0 spiro atoms. The molecule has 0 aliphatic carbocycles. The Morgan fingerprint density at radius 1 is 1.30 bits per heavy atom. The number of rotatable bonds is 2. The zero-order valence-electron chi connectivity index (χ0n) is 14.8. The van der Waals surface area contributed by atoms with Crippen molar-refractivity contribution in [2.75, 3.05) is 18.0 Å². The largest absolute Gasteiger partial charge is 0.370 e. The predicted octanol–water partition coefficient (Wildman–Crippen LogP) is 3.02. The second kappa shape index (κ2) is 6.13. The first-order valence-electron chi connectivity index (χ1n) is 8.84. The highest BCUT2D eigenvalue weighted by atomic mass is 16.5. The minimum Gasteiger partial charge on any atom is -0.370 e. The van der Waals surface area contributed by atoms with E-state index in [4.69, 9.17) is 4.74 Å². The van der Waals surface area contributed by atoms with Crippen molar-refractivity contribution in [1.82, 2.24) is 0 Å². The molecular weight excluding hydrogens is 286 g/mol. The zero-order chi connectivity index (χ0) is 16.6. The van der Waals surface area contributed by atoms with Gasteiger partial charge in [-0.1, -0.05) is 13.8 Å². The minimum absolute atomic E-state index is 0.196. The number of H-pyrrole nitrogens is 1. The molecule has 0 radical (unpaired) electrons. The number of nitrogens with zero attached hydrogens (tertiary/aromatic N) is 2. The van der Waals surface area contributed by atoms with Gasteiger partial charge in [-0.05, 0) is 38.2 Å². The maximum atomic E-state index is 9.85. The molecule has 1 aromatic heterocycles. The predicted molar refractivity (Wildman–Crippen MR) is 90.3 cm³/mol. The van der Waals surface area contributed by atoms with E-state index in [1.807, 2.05) is 0 Å². The van der Waals surface area contributed by atoms with Gasteiger partial charge in [-0.15, -0.1) is 0 Å². The molecule has 1 aromatic rings. The zero-order valence-corrected chi connectivity index (χ0v) is 14.8. The summed E-state index contributed by atoms with van der Waals surface area (Å²) >= 11 is 0. The normalized spacial score (nSPS) is 20.9. The van der Waals surface area contributed by atoms with Gasteiger partial charge in [0.15, 0.2) is 0 Å². The maximum absolute atomic E-state index is 9.85. The van der Waals surface area contributed by atoms with Crippen molar-refractivity contribution < 1.29 is 9.72 Å². The molecule has 0 amide bonds. The maximum Gasteiger partial charge on any atom is 0.293 e. The van der Waals surface area contributed by atoms with Crippen LogP contribution in [0.2, 0.25) is 0 Å². The molecule has 0 saturated carbocycles. The Labute approximate surface area is 139 Å². The fraction of sp³-hybridized carbons (Fsp3) is 0.684. The molecule has 4 heteroatoms. The Bertz CT molecular complexity index is 637. The number of aryl methyl sites for hydroxylation is 1. The van der Waals surface area contributed by atoms with Crippen LogP contribution in [0.3, 0.4) is 0 Å². The lowest BCUT2D eigenvalue weighted by atomic mass is 9.87. The van der Waals surface area contributed by atoms with E-state index in [1.54, 1.807) is 0 Å². The quantitative estimate of drug-likeness (QED) is 0.843. The molecule has 1 N–H and O–H groups in total. The third-order valence-electron chi connectivity index (χ3n) is 5.31. The lowest BCUT2D eigenvalue weighted by molar-refractivity contribution is -0.378. The number of ether oxygens (including phenoxy) is 1. The molecule has 1 fully saturated rings. The van der Waals surface area contributed by atoms with E-state index in [0.717, 1.165) is 43.2 Å². The molecule has 1 saturated heterocycles. The van der Waals surface area contributed by atoms with Crippen molar-refractivity contribution in [3.63, 3.8) is 0 Å². The number of nitriles is 1. The Morgan fingerprint density at radius 2 is 2.00 bits per heavy atom. The summed E-state index contributed by atoms with van der Waals surface area (Å²) in [5.74, 6) is 1.82. The topological polar surface area (TPSA) is 50.4 Å². The molecule has 2 aliphatic heterocycles. The van der Waals surface area contributed by atoms with Crippen LogP contribution in [0.4, 0.5) is 5.82 Å². The molecule has 124 valence electrons. The number of aromatic nitrogens is 1. The summed E-state index contributed by atoms with van der Waals surface area (Å²) in [5.41, 5.74) is 4.27. The van der Waals surface area contributed by atoms with Crippen molar-refractivity contribution >= 4 is 5.82 Å². The van der Waals surface area contributed by atoms with Crippen LogP contribution in [-0.2, 0) is 24.2 Å². The summed E-state index contributed by atoms with van der Waals surface area (Å²) < 4.78 is 5.99. The van der Waals surface area contributed by atoms with Gasteiger partial charge in [-0.2, -0.15) is 5.26 Å². The SMILES string of the molecule is CCc1[nH+]c(N2CCC(C)CC2)c(C#N)c2c1COC(C)(C)C2. The van der Waals surface area contributed by atoms with Crippen LogP contribution in [0.15, 0.2) is 0 Å². The van der Waals surface area contributed by atoms with E-state index in [1.165, 1.54) is 29.7 Å². The Morgan fingerprint density at radius 3 is 2.61 bits per heavy atom. The summed E-state index contributed by atoms with van der Waals surface area (Å²) in [6, 6.07) is 2.49. The van der Waals surface area contributed by atoms with Crippen LogP contribution in [-0.4, -0.2) is 18.7 Å². The van der Waals surface area contributed by atoms with Gasteiger partial charge in [-0.3, -0.25) is 4.90 Å². The lowest BCUT2D eigenvalue weighted by Gasteiger charge is -2.34. The number of nitrogens with one attached hydrogen (secondary N) is 1. The van der Waals surface area contributed by atoms with Gasteiger partial charge in [0.1, 0.15) is 17.3 Å². The second-order valence-corrected chi connectivity index (χ2v) is 7.64. The van der Waals surface area contributed by atoms with Crippen LogP contribution in [0.25, 0.3) is 0 Å². The standard InChI is InChI=1S/C19H27N3O/c1-5-17-16-12-23-19(3,4)10-14(16)15(11-20)18(21-17)22-8-6-13(2)7-9-22/h13H,5-10,12H2,1-4H3/p+1. The summed E-state index contributed by atoms with van der Waals surface area (Å²) in [4.78, 5) is 5.95. The first kappa shape index (κ1) is 16.3. The average molecular weight is 314 g/mol. The van der Waals surface area contributed by atoms with Gasteiger partial charge in [0.25, 0.3) is 5.82 Å². The highest BCUT2D eigenvalue weighted by molar-refractivity contribution is 5.58. The van der Waals surface area contributed by atoms with Crippen LogP contribution >= 0.6 is 0 Å². The van der Waals surface area contributed by atoms with Crippen LogP contribution in [0, 0.1) is 17.2 Å². The minimum atomic E-state index is -0.196. The molecule has 0 bridgehead atoms. The fourth-order valence-corrected chi connectivity index (χ4v) is 3.76. The molecule has 0 atom stereocenters. The summed E-state index contributed by atoms with van der Waals surface area (Å²) in [5, 5.41) is 9.85. The van der Waals surface area contributed by atoms with E-state index in [2.05, 4.69) is 43.6 Å². The molecule has 23 heavy (non-hydrogen) atoms. The number of piperidine rings is 1. The molecular formula is C19H28N3O+. The Balaban J connectivity index is 2.08. The van der Waals surface area contributed by atoms with E-state index in [0.29, 0.717) is 6.61 Å². The van der Waals surface area contributed by atoms with Gasteiger partial charge in [0.05, 0.1) is 25.3 Å². The average Bonchev–Trinajstić information content (AvgIpc) is 2.53. The van der Waals surface area contributed by atoms with Crippen LogP contribution in [0.1, 0.15) is 62.9 Å². The highest BCUT2D eigenvalue weighted by Gasteiger charge is 2.35. The van der Waals surface area contributed by atoms with Gasteiger partial charge >= 0.3 is 0 Å². The Kier molecular flexibility index (Phi) is 4.33. The van der Waals surface area contributed by atoms with E-state index in [9.17, 15) is 5.26 Å². The van der Waals surface area contributed by atoms with E-state index < -0.39 is 0 Å². The van der Waals surface area contributed by atoms with Gasteiger partial charge in [-0.25, -0.2) is 4.98 Å². The number of hydrogen-bond donors (Lipinski definition) is 0. The van der Waals surface area contributed by atoms with Crippen molar-refractivity contribution in [3.05, 3.63) is 22.4 Å². The number of hydrogen-bond acceptors (Lipinski definition) is 3. The van der Waals surface area contributed by atoms with E-state index in [-0.39, 0.29) is 5.60 Å². The third kappa shape index (κ3) is 3.07. The third-order valence-corrected chi connectivity index (χ3v) is 5.31. The van der Waals surface area contributed by atoms with Crippen molar-refractivity contribution in [2.24, 2.45) is 5.92 Å². The number of aromatic amines is 1. The van der Waals surface area contributed by atoms with Gasteiger partial charge in [0.2, 0.25) is 0 Å². The summed E-state index contributed by atoms with van der Waals surface area (Å²) in [7, 11) is 0. The van der Waals surface area contributed by atoms with Gasteiger partial charge in [0, 0.05) is 18.4 Å².